The minimum atomic E-state index is -0.381. The van der Waals surface area contributed by atoms with Crippen LogP contribution in [0.25, 0.3) is 0 Å². The summed E-state index contributed by atoms with van der Waals surface area (Å²) in [7, 11) is 0. The highest BCUT2D eigenvalue weighted by molar-refractivity contribution is 5.67. The lowest BCUT2D eigenvalue weighted by molar-refractivity contribution is 0.0505. The summed E-state index contributed by atoms with van der Waals surface area (Å²) in [6.45, 7) is 5.61. The lowest BCUT2D eigenvalue weighted by Gasteiger charge is -2.23. The van der Waals surface area contributed by atoms with E-state index >= 15 is 0 Å². The Balaban J connectivity index is 2.02. The molecule has 2 unspecified atom stereocenters. The molecule has 0 aliphatic heterocycles. The molecule has 23 heavy (non-hydrogen) atoms. The highest BCUT2D eigenvalue weighted by Crippen LogP contribution is 2.23. The van der Waals surface area contributed by atoms with Crippen molar-refractivity contribution in [3.05, 3.63) is 0 Å². The summed E-state index contributed by atoms with van der Waals surface area (Å²) in [5.41, 5.74) is 5.30. The largest absolute Gasteiger partial charge is 0.449 e. The molecular formula is C17H30N2O4. The third kappa shape index (κ3) is 10.2. The van der Waals surface area contributed by atoms with Gasteiger partial charge in [0.25, 0.3) is 0 Å². The molecule has 1 aliphatic carbocycles. The van der Waals surface area contributed by atoms with Crippen molar-refractivity contribution in [1.82, 2.24) is 5.32 Å². The van der Waals surface area contributed by atoms with Gasteiger partial charge in [0.05, 0.1) is 33.0 Å². The summed E-state index contributed by atoms with van der Waals surface area (Å²) in [5, 5.41) is 2.69. The van der Waals surface area contributed by atoms with E-state index in [1.807, 2.05) is 0 Å². The van der Waals surface area contributed by atoms with E-state index in [-0.39, 0.29) is 6.09 Å². The lowest BCUT2D eigenvalue weighted by atomic mass is 9.86. The third-order valence-electron chi connectivity index (χ3n) is 3.87. The molecule has 0 spiro atoms. The van der Waals surface area contributed by atoms with Gasteiger partial charge in [0, 0.05) is 25.9 Å². The van der Waals surface area contributed by atoms with E-state index in [0.29, 0.717) is 58.0 Å². The maximum atomic E-state index is 11.7. The molecule has 132 valence electrons. The van der Waals surface area contributed by atoms with Gasteiger partial charge in [-0.05, 0) is 24.7 Å². The summed E-state index contributed by atoms with van der Waals surface area (Å²) in [4.78, 5) is 11.7. The van der Waals surface area contributed by atoms with Crippen molar-refractivity contribution in [3.8, 4) is 11.8 Å². The Hall–Kier alpha value is -1.29. The van der Waals surface area contributed by atoms with Crippen molar-refractivity contribution >= 4 is 6.09 Å². The number of rotatable bonds is 10. The van der Waals surface area contributed by atoms with Crippen molar-refractivity contribution in [1.29, 1.82) is 0 Å². The molecule has 0 radical (unpaired) electrons. The predicted molar refractivity (Wildman–Crippen MR) is 88.9 cm³/mol. The van der Waals surface area contributed by atoms with Crippen LogP contribution in [-0.2, 0) is 14.2 Å². The Morgan fingerprint density at radius 2 is 1.83 bits per heavy atom. The maximum Gasteiger partial charge on any atom is 0.407 e. The summed E-state index contributed by atoms with van der Waals surface area (Å²) < 4.78 is 15.8. The lowest BCUT2D eigenvalue weighted by Crippen LogP contribution is -2.31. The van der Waals surface area contributed by atoms with Gasteiger partial charge in [-0.3, -0.25) is 0 Å². The normalized spacial score (nSPS) is 20.8. The zero-order valence-electron chi connectivity index (χ0n) is 14.1. The van der Waals surface area contributed by atoms with Crippen molar-refractivity contribution in [2.24, 2.45) is 17.6 Å². The van der Waals surface area contributed by atoms with Crippen LogP contribution in [0.2, 0.25) is 0 Å². The van der Waals surface area contributed by atoms with E-state index in [1.54, 1.807) is 0 Å². The molecule has 2 atom stereocenters. The minimum Gasteiger partial charge on any atom is -0.449 e. The van der Waals surface area contributed by atoms with Crippen molar-refractivity contribution in [3.63, 3.8) is 0 Å². The van der Waals surface area contributed by atoms with Crippen LogP contribution in [0.15, 0.2) is 0 Å². The summed E-state index contributed by atoms with van der Waals surface area (Å²) in [5.74, 6) is 7.24. The van der Waals surface area contributed by atoms with Gasteiger partial charge in [-0.2, -0.15) is 0 Å². The average molecular weight is 326 g/mol. The highest BCUT2D eigenvalue weighted by atomic mass is 16.5. The van der Waals surface area contributed by atoms with Crippen molar-refractivity contribution in [2.75, 3.05) is 46.1 Å². The first-order valence-electron chi connectivity index (χ1n) is 8.46. The van der Waals surface area contributed by atoms with Crippen LogP contribution in [-0.4, -0.2) is 52.2 Å². The molecule has 0 heterocycles. The average Bonchev–Trinajstić information content (AvgIpc) is 2.53. The van der Waals surface area contributed by atoms with Crippen LogP contribution in [0.1, 0.15) is 32.6 Å². The van der Waals surface area contributed by atoms with E-state index in [9.17, 15) is 4.79 Å². The number of carbonyl (C=O) groups is 1. The maximum absolute atomic E-state index is 11.7. The van der Waals surface area contributed by atoms with Crippen molar-refractivity contribution < 1.29 is 19.0 Å². The summed E-state index contributed by atoms with van der Waals surface area (Å²) >= 11 is 0. The fourth-order valence-corrected chi connectivity index (χ4v) is 2.37. The fraction of sp³-hybridized carbons (Fsp3) is 0.824. The Morgan fingerprint density at radius 1 is 1.13 bits per heavy atom. The van der Waals surface area contributed by atoms with Crippen LogP contribution in [0, 0.1) is 23.7 Å². The standard InChI is InChI=1S/C17H30N2O4/c1-15-6-4-2-3-5-7-16(15)14-23-17(20)19-9-11-22-13-12-21-10-8-18/h15-16H,4-14,18H2,1H3,(H,19,20). The van der Waals surface area contributed by atoms with Crippen LogP contribution < -0.4 is 11.1 Å². The molecule has 0 saturated carbocycles. The summed E-state index contributed by atoms with van der Waals surface area (Å²) in [6, 6.07) is 0. The van der Waals surface area contributed by atoms with Crippen LogP contribution in [0.3, 0.4) is 0 Å². The zero-order valence-corrected chi connectivity index (χ0v) is 14.1. The number of carbonyl (C=O) groups excluding carboxylic acids is 1. The molecular weight excluding hydrogens is 296 g/mol. The van der Waals surface area contributed by atoms with Crippen molar-refractivity contribution in [2.45, 2.75) is 32.6 Å². The third-order valence-corrected chi connectivity index (χ3v) is 3.87. The van der Waals surface area contributed by atoms with Gasteiger partial charge in [0.15, 0.2) is 0 Å². The molecule has 1 aliphatic rings. The Bertz CT molecular complexity index is 379. The quantitative estimate of drug-likeness (QED) is 0.470. The number of amides is 1. The second-order valence-electron chi connectivity index (χ2n) is 5.71. The van der Waals surface area contributed by atoms with Gasteiger partial charge < -0.3 is 25.3 Å². The molecule has 0 fully saturated rings. The van der Waals surface area contributed by atoms with E-state index in [0.717, 1.165) is 25.7 Å². The van der Waals surface area contributed by atoms with Gasteiger partial charge in [-0.15, -0.1) is 11.8 Å². The first-order chi connectivity index (χ1) is 11.2. The van der Waals surface area contributed by atoms with Crippen LogP contribution >= 0.6 is 0 Å². The predicted octanol–water partition coefficient (Wildman–Crippen LogP) is 1.53. The number of ether oxygens (including phenoxy) is 3. The molecule has 0 bridgehead atoms. The van der Waals surface area contributed by atoms with Crippen LogP contribution in [0.4, 0.5) is 4.79 Å². The van der Waals surface area contributed by atoms with E-state index in [1.165, 1.54) is 0 Å². The monoisotopic (exact) mass is 326 g/mol. The van der Waals surface area contributed by atoms with E-state index < -0.39 is 0 Å². The zero-order chi connectivity index (χ0) is 16.8. The van der Waals surface area contributed by atoms with Gasteiger partial charge >= 0.3 is 6.09 Å². The number of hydrogen-bond donors (Lipinski definition) is 2. The molecule has 1 amide bonds. The SMILES string of the molecule is CC1CCC#CCCC1COC(=O)NCCOCCOCCN. The van der Waals surface area contributed by atoms with Gasteiger partial charge in [-0.1, -0.05) is 6.92 Å². The van der Waals surface area contributed by atoms with Gasteiger partial charge in [0.1, 0.15) is 0 Å². The number of nitrogens with two attached hydrogens (primary N) is 1. The first-order valence-corrected chi connectivity index (χ1v) is 8.46. The Kier molecular flexibility index (Phi) is 11.3. The number of hydrogen-bond acceptors (Lipinski definition) is 5. The number of alkyl carbamates (subject to hydrolysis) is 1. The van der Waals surface area contributed by atoms with E-state index in [2.05, 4.69) is 24.1 Å². The molecule has 0 aromatic carbocycles. The Labute approximate surface area is 139 Å². The summed E-state index contributed by atoms with van der Waals surface area (Å²) in [6.07, 6.45) is 3.51. The molecule has 6 heteroatoms. The smallest absolute Gasteiger partial charge is 0.407 e. The Morgan fingerprint density at radius 3 is 2.57 bits per heavy atom. The van der Waals surface area contributed by atoms with E-state index in [4.69, 9.17) is 19.9 Å². The topological polar surface area (TPSA) is 82.8 Å². The molecule has 6 nitrogen and oxygen atoms in total. The fourth-order valence-electron chi connectivity index (χ4n) is 2.37. The second-order valence-corrected chi connectivity index (χ2v) is 5.71. The molecule has 0 aromatic rings. The van der Waals surface area contributed by atoms with Gasteiger partial charge in [0.2, 0.25) is 0 Å². The minimum absolute atomic E-state index is 0.381. The van der Waals surface area contributed by atoms with Crippen LogP contribution in [0.5, 0.6) is 0 Å². The first kappa shape index (κ1) is 19.8. The second kappa shape index (κ2) is 13.2. The van der Waals surface area contributed by atoms with Gasteiger partial charge in [-0.25, -0.2) is 4.79 Å². The molecule has 0 aromatic heterocycles. The number of nitrogens with one attached hydrogen (secondary N) is 1. The molecule has 0 saturated heterocycles. The highest BCUT2D eigenvalue weighted by Gasteiger charge is 2.19. The molecule has 1 rings (SSSR count). The molecule has 3 N–H and O–H groups in total.